The zero-order chi connectivity index (χ0) is 20.7. The lowest BCUT2D eigenvalue weighted by Gasteiger charge is -2.43. The molecule has 0 spiro atoms. The summed E-state index contributed by atoms with van der Waals surface area (Å²) in [6, 6.07) is 28.0. The first-order valence-corrected chi connectivity index (χ1v) is 10.00. The topological polar surface area (TPSA) is 64.3 Å². The van der Waals surface area contributed by atoms with Gasteiger partial charge in [0, 0.05) is 12.6 Å². The lowest BCUT2D eigenvalue weighted by Crippen LogP contribution is -2.51. The van der Waals surface area contributed by atoms with Gasteiger partial charge in [0.2, 0.25) is 0 Å². The Labute approximate surface area is 175 Å². The number of likely N-dealkylation sites (tertiary alicyclic amines) is 1. The molecule has 1 atom stereocenters. The summed E-state index contributed by atoms with van der Waals surface area (Å²) in [5.41, 5.74) is 5.57. The van der Waals surface area contributed by atoms with Crippen molar-refractivity contribution in [1.29, 1.82) is 5.26 Å². The Balaban J connectivity index is 1.87. The maximum atomic E-state index is 12.4. The molecule has 1 N–H and O–H groups in total. The number of carboxylic acid groups (broad SMARTS) is 1. The predicted octanol–water partition coefficient (Wildman–Crippen LogP) is 4.57. The average molecular weight is 392 g/mol. The summed E-state index contributed by atoms with van der Waals surface area (Å²) in [5.74, 6) is -0.867. The van der Waals surface area contributed by atoms with E-state index in [1.165, 1.54) is 6.08 Å². The molecule has 30 heavy (non-hydrogen) atoms. The number of carboxylic acids is 1. The minimum absolute atomic E-state index is 0.349. The van der Waals surface area contributed by atoms with Crippen LogP contribution in [0.25, 0.3) is 11.1 Å². The Hall–Kier alpha value is -3.68. The summed E-state index contributed by atoms with van der Waals surface area (Å²) < 4.78 is 0. The summed E-state index contributed by atoms with van der Waals surface area (Å²) in [5, 5.41) is 19.3. The van der Waals surface area contributed by atoms with Gasteiger partial charge in [-0.15, -0.1) is 0 Å². The highest BCUT2D eigenvalue weighted by molar-refractivity contribution is 5.84. The van der Waals surface area contributed by atoms with Gasteiger partial charge in [-0.05, 0) is 39.8 Å². The van der Waals surface area contributed by atoms with Crippen LogP contribution in [0.3, 0.4) is 0 Å². The maximum absolute atomic E-state index is 12.4. The number of nitriles is 1. The van der Waals surface area contributed by atoms with Gasteiger partial charge in [0.25, 0.3) is 0 Å². The second kappa shape index (κ2) is 6.98. The van der Waals surface area contributed by atoms with E-state index in [4.69, 9.17) is 0 Å². The van der Waals surface area contributed by atoms with E-state index in [1.807, 2.05) is 42.5 Å². The highest BCUT2D eigenvalue weighted by Gasteiger charge is 2.54. The van der Waals surface area contributed by atoms with Crippen molar-refractivity contribution in [2.45, 2.75) is 18.0 Å². The Morgan fingerprint density at radius 3 is 2.10 bits per heavy atom. The molecule has 1 fully saturated rings. The van der Waals surface area contributed by atoms with Crippen molar-refractivity contribution in [3.8, 4) is 17.2 Å². The van der Waals surface area contributed by atoms with Crippen LogP contribution in [-0.2, 0) is 10.3 Å². The Morgan fingerprint density at radius 2 is 1.53 bits per heavy atom. The molecule has 3 aromatic rings. The Kier molecular flexibility index (Phi) is 4.27. The van der Waals surface area contributed by atoms with E-state index in [9.17, 15) is 15.2 Å². The second-order valence-electron chi connectivity index (χ2n) is 7.79. The molecule has 0 amide bonds. The van der Waals surface area contributed by atoms with Crippen molar-refractivity contribution < 1.29 is 9.90 Å². The van der Waals surface area contributed by atoms with Gasteiger partial charge in [0.05, 0.1) is 11.6 Å². The molecule has 0 saturated carbocycles. The lowest BCUT2D eigenvalue weighted by molar-refractivity contribution is -0.143. The van der Waals surface area contributed by atoms with Gasteiger partial charge in [0.15, 0.2) is 0 Å². The van der Waals surface area contributed by atoms with Crippen LogP contribution in [0.4, 0.5) is 0 Å². The van der Waals surface area contributed by atoms with Crippen molar-refractivity contribution in [2.75, 3.05) is 6.54 Å². The summed E-state index contributed by atoms with van der Waals surface area (Å²) in [7, 11) is 0. The molecule has 1 heterocycles. The molecule has 1 aliphatic heterocycles. The minimum Gasteiger partial charge on any atom is -0.480 e. The van der Waals surface area contributed by atoms with Crippen LogP contribution in [0, 0.1) is 11.3 Å². The Bertz CT molecular complexity index is 1160. The molecule has 0 aromatic heterocycles. The van der Waals surface area contributed by atoms with Crippen molar-refractivity contribution in [2.24, 2.45) is 0 Å². The van der Waals surface area contributed by atoms with Crippen molar-refractivity contribution >= 4 is 5.97 Å². The van der Waals surface area contributed by atoms with Crippen LogP contribution < -0.4 is 0 Å². The normalized spacial score (nSPS) is 20.5. The number of rotatable bonds is 3. The number of nitrogens with zero attached hydrogens (tertiary/aromatic N) is 2. The number of allylic oxidation sites excluding steroid dienone is 1. The number of hydrogen-bond donors (Lipinski definition) is 1. The van der Waals surface area contributed by atoms with Crippen molar-refractivity contribution in [3.63, 3.8) is 0 Å². The number of fused-ring (bicyclic) bond motifs is 3. The predicted molar refractivity (Wildman–Crippen MR) is 115 cm³/mol. The van der Waals surface area contributed by atoms with E-state index in [1.54, 1.807) is 0 Å². The van der Waals surface area contributed by atoms with E-state index in [0.29, 0.717) is 13.0 Å². The minimum atomic E-state index is -0.867. The van der Waals surface area contributed by atoms with Gasteiger partial charge in [-0.2, -0.15) is 5.26 Å². The number of hydrogen-bond acceptors (Lipinski definition) is 3. The van der Waals surface area contributed by atoms with Crippen molar-refractivity contribution in [1.82, 2.24) is 4.90 Å². The first-order valence-electron chi connectivity index (χ1n) is 10.00. The molecule has 5 rings (SSSR count). The number of aliphatic carboxylic acids is 1. The highest BCUT2D eigenvalue weighted by Crippen LogP contribution is 2.56. The quantitative estimate of drug-likeness (QED) is 0.663. The van der Waals surface area contributed by atoms with Crippen LogP contribution in [-0.4, -0.2) is 28.6 Å². The van der Waals surface area contributed by atoms with Gasteiger partial charge in [0.1, 0.15) is 6.04 Å². The standard InChI is InChI=1S/C26H20N2O2/c27-15-14-18-16-24(25(29)30)28(17-18)26(19-8-2-1-3-9-19)22-12-6-4-10-20(22)21-11-5-7-13-23(21)26/h1-14,24H,16-17H2,(H,29,30)/b18-14-/t24-/m0/s1. The molecule has 0 bridgehead atoms. The zero-order valence-electron chi connectivity index (χ0n) is 16.3. The van der Waals surface area contributed by atoms with E-state index < -0.39 is 17.6 Å². The van der Waals surface area contributed by atoms with Crippen LogP contribution >= 0.6 is 0 Å². The first-order chi connectivity index (χ1) is 14.7. The molecular weight excluding hydrogens is 372 g/mol. The molecule has 4 nitrogen and oxygen atoms in total. The van der Waals surface area contributed by atoms with Crippen molar-refractivity contribution in [3.05, 3.63) is 107 Å². The molecular formula is C26H20N2O2. The molecule has 0 unspecified atom stereocenters. The SMILES string of the molecule is N#C/C=C1/C[C@@H](C(=O)O)N(C2(c3ccccc3)c3ccccc3-c3ccccc32)C1. The fourth-order valence-corrected chi connectivity index (χ4v) is 5.20. The first kappa shape index (κ1) is 18.4. The highest BCUT2D eigenvalue weighted by atomic mass is 16.4. The maximum Gasteiger partial charge on any atom is 0.321 e. The zero-order valence-corrected chi connectivity index (χ0v) is 16.3. The smallest absolute Gasteiger partial charge is 0.321 e. The number of benzene rings is 3. The molecule has 1 aliphatic carbocycles. The van der Waals surface area contributed by atoms with E-state index in [-0.39, 0.29) is 0 Å². The van der Waals surface area contributed by atoms with Gasteiger partial charge in [-0.1, -0.05) is 78.9 Å². The average Bonchev–Trinajstić information content (AvgIpc) is 3.33. The van der Waals surface area contributed by atoms with E-state index in [0.717, 1.165) is 33.4 Å². The fourth-order valence-electron chi connectivity index (χ4n) is 5.20. The molecule has 3 aromatic carbocycles. The molecule has 4 heteroatoms. The number of carbonyl (C=O) groups is 1. The van der Waals surface area contributed by atoms with Crippen LogP contribution in [0.2, 0.25) is 0 Å². The molecule has 2 aliphatic rings. The van der Waals surface area contributed by atoms with Gasteiger partial charge in [-0.3, -0.25) is 9.69 Å². The third-order valence-corrected chi connectivity index (χ3v) is 6.31. The largest absolute Gasteiger partial charge is 0.480 e. The molecule has 1 saturated heterocycles. The third-order valence-electron chi connectivity index (χ3n) is 6.31. The van der Waals surface area contributed by atoms with Crippen LogP contribution in [0.5, 0.6) is 0 Å². The van der Waals surface area contributed by atoms with Gasteiger partial charge < -0.3 is 5.11 Å². The summed E-state index contributed by atoms with van der Waals surface area (Å²) in [6.45, 7) is 0.433. The third kappa shape index (κ3) is 2.46. The summed E-state index contributed by atoms with van der Waals surface area (Å²) in [6.07, 6.45) is 1.85. The summed E-state index contributed by atoms with van der Waals surface area (Å²) in [4.78, 5) is 14.4. The van der Waals surface area contributed by atoms with Gasteiger partial charge >= 0.3 is 5.97 Å². The van der Waals surface area contributed by atoms with Gasteiger partial charge in [-0.25, -0.2) is 0 Å². The summed E-state index contributed by atoms with van der Waals surface area (Å²) >= 11 is 0. The van der Waals surface area contributed by atoms with Crippen LogP contribution in [0.1, 0.15) is 23.1 Å². The lowest BCUT2D eigenvalue weighted by atomic mass is 9.78. The fraction of sp³-hybridized carbons (Fsp3) is 0.154. The van der Waals surface area contributed by atoms with E-state index >= 15 is 0 Å². The van der Waals surface area contributed by atoms with Crippen LogP contribution in [0.15, 0.2) is 90.5 Å². The monoisotopic (exact) mass is 392 g/mol. The Morgan fingerprint density at radius 1 is 0.967 bits per heavy atom. The molecule has 146 valence electrons. The molecule has 0 radical (unpaired) electrons. The second-order valence-corrected chi connectivity index (χ2v) is 7.79. The van der Waals surface area contributed by atoms with E-state index in [2.05, 4.69) is 47.4 Å².